The zero-order chi connectivity index (χ0) is 14.2. The van der Waals surface area contributed by atoms with Crippen molar-refractivity contribution in [1.82, 2.24) is 0 Å². The van der Waals surface area contributed by atoms with Crippen molar-refractivity contribution in [2.45, 2.75) is 43.3 Å². The quantitative estimate of drug-likeness (QED) is 0.926. The molecule has 1 aliphatic heterocycles. The van der Waals surface area contributed by atoms with Crippen molar-refractivity contribution in [2.75, 3.05) is 17.4 Å². The monoisotopic (exact) mass is 294 g/mol. The average Bonchev–Trinajstić information content (AvgIpc) is 3.08. The van der Waals surface area contributed by atoms with Gasteiger partial charge in [0.15, 0.2) is 0 Å². The minimum atomic E-state index is -3.21. The Hall–Kier alpha value is -1.07. The molecule has 0 radical (unpaired) electrons. The predicted octanol–water partition coefficient (Wildman–Crippen LogP) is 2.21. The number of hydrogen-bond acceptors (Lipinski definition) is 3. The van der Waals surface area contributed by atoms with Crippen molar-refractivity contribution in [3.8, 4) is 0 Å². The Kier molecular flexibility index (Phi) is 3.73. The fraction of sp³-hybridized carbons (Fsp3) is 0.600. The zero-order valence-electron chi connectivity index (χ0n) is 11.7. The van der Waals surface area contributed by atoms with Crippen molar-refractivity contribution < 1.29 is 8.42 Å². The number of nitrogens with two attached hydrogens (primary N) is 1. The van der Waals surface area contributed by atoms with Crippen LogP contribution in [0, 0.1) is 0 Å². The van der Waals surface area contributed by atoms with Crippen LogP contribution < -0.4 is 10.0 Å². The molecule has 1 aromatic rings. The molecule has 0 saturated heterocycles. The summed E-state index contributed by atoms with van der Waals surface area (Å²) in [7, 11) is -3.21. The Balaban J connectivity index is 1.95. The summed E-state index contributed by atoms with van der Waals surface area (Å²) in [5.41, 5.74) is 7.69. The van der Waals surface area contributed by atoms with E-state index in [2.05, 4.69) is 0 Å². The lowest BCUT2D eigenvalue weighted by Crippen LogP contribution is -2.37. The number of hydrogen-bond donors (Lipinski definition) is 1. The maximum atomic E-state index is 12.8. The van der Waals surface area contributed by atoms with Crippen molar-refractivity contribution in [3.63, 3.8) is 0 Å². The summed E-state index contributed by atoms with van der Waals surface area (Å²) in [4.78, 5) is 0. The summed E-state index contributed by atoms with van der Waals surface area (Å²) in [5, 5.41) is -0.188. The normalized spacial score (nSPS) is 23.2. The van der Waals surface area contributed by atoms with Crippen LogP contribution in [0.2, 0.25) is 0 Å². The average molecular weight is 294 g/mol. The van der Waals surface area contributed by atoms with Crippen LogP contribution in [0.4, 0.5) is 5.69 Å². The second-order valence-electron chi connectivity index (χ2n) is 5.82. The van der Waals surface area contributed by atoms with Gasteiger partial charge < -0.3 is 5.73 Å². The molecule has 0 aromatic heterocycles. The molecule has 2 N–H and O–H groups in total. The van der Waals surface area contributed by atoms with Gasteiger partial charge in [0.1, 0.15) is 0 Å². The second-order valence-corrected chi connectivity index (χ2v) is 7.95. The van der Waals surface area contributed by atoms with Gasteiger partial charge in [-0.25, -0.2) is 8.42 Å². The molecule has 0 bridgehead atoms. The lowest BCUT2D eigenvalue weighted by Gasteiger charge is -2.24. The van der Waals surface area contributed by atoms with Gasteiger partial charge in [-0.3, -0.25) is 4.31 Å². The maximum absolute atomic E-state index is 12.8. The first-order valence-corrected chi connectivity index (χ1v) is 8.95. The third-order valence-electron chi connectivity index (χ3n) is 4.58. The highest BCUT2D eigenvalue weighted by molar-refractivity contribution is 7.93. The van der Waals surface area contributed by atoms with E-state index in [1.54, 1.807) is 4.31 Å². The highest BCUT2D eigenvalue weighted by Gasteiger charge is 2.40. The summed E-state index contributed by atoms with van der Waals surface area (Å²) < 4.78 is 27.3. The van der Waals surface area contributed by atoms with Crippen molar-refractivity contribution in [2.24, 2.45) is 5.73 Å². The third-order valence-corrected chi connectivity index (χ3v) is 6.85. The molecule has 1 unspecified atom stereocenters. The van der Waals surface area contributed by atoms with Crippen LogP contribution in [-0.2, 0) is 10.0 Å². The van der Waals surface area contributed by atoms with Crippen LogP contribution in [0.1, 0.15) is 43.6 Å². The van der Waals surface area contributed by atoms with Crippen LogP contribution in [0.5, 0.6) is 0 Å². The number of nitrogens with zero attached hydrogens (tertiary/aromatic N) is 1. The van der Waals surface area contributed by atoms with Gasteiger partial charge in [0, 0.05) is 12.5 Å². The Morgan fingerprint density at radius 2 is 1.90 bits per heavy atom. The van der Waals surface area contributed by atoms with E-state index < -0.39 is 10.0 Å². The van der Waals surface area contributed by atoms with Gasteiger partial charge in [-0.1, -0.05) is 31.0 Å². The Bertz CT molecular complexity index is 579. The lowest BCUT2D eigenvalue weighted by atomic mass is 9.98. The Morgan fingerprint density at radius 3 is 2.60 bits per heavy atom. The van der Waals surface area contributed by atoms with E-state index >= 15 is 0 Å². The number of para-hydroxylation sites is 1. The standard InChI is InChI=1S/C15H22N2O2S/c16-10-9-12-11-17(15-8-4-3-7-14(12)15)20(18,19)13-5-1-2-6-13/h3-4,7-8,12-13H,1-2,5-6,9-11,16H2. The van der Waals surface area contributed by atoms with Gasteiger partial charge >= 0.3 is 0 Å². The summed E-state index contributed by atoms with van der Waals surface area (Å²) in [6.45, 7) is 1.16. The maximum Gasteiger partial charge on any atom is 0.238 e. The predicted molar refractivity (Wildman–Crippen MR) is 81.4 cm³/mol. The first-order chi connectivity index (χ1) is 9.64. The van der Waals surface area contributed by atoms with Crippen molar-refractivity contribution in [1.29, 1.82) is 0 Å². The summed E-state index contributed by atoms with van der Waals surface area (Å²) in [6, 6.07) is 7.87. The first-order valence-electron chi connectivity index (χ1n) is 7.45. The van der Waals surface area contributed by atoms with E-state index in [1.807, 2.05) is 24.3 Å². The van der Waals surface area contributed by atoms with E-state index in [9.17, 15) is 8.42 Å². The minimum Gasteiger partial charge on any atom is -0.330 e. The minimum absolute atomic E-state index is 0.188. The summed E-state index contributed by atoms with van der Waals surface area (Å²) in [6.07, 6.45) is 4.52. The van der Waals surface area contributed by atoms with Gasteiger partial charge in [-0.2, -0.15) is 0 Å². The highest BCUT2D eigenvalue weighted by Crippen LogP contribution is 2.41. The van der Waals surface area contributed by atoms with Crippen LogP contribution in [-0.4, -0.2) is 26.8 Å². The number of benzene rings is 1. The summed E-state index contributed by atoms with van der Waals surface area (Å²) >= 11 is 0. The van der Waals surface area contributed by atoms with E-state index in [1.165, 1.54) is 0 Å². The van der Waals surface area contributed by atoms with Crippen molar-refractivity contribution >= 4 is 15.7 Å². The fourth-order valence-corrected chi connectivity index (χ4v) is 5.63. The Morgan fingerprint density at radius 1 is 1.20 bits per heavy atom. The molecule has 3 rings (SSSR count). The number of anilines is 1. The number of fused-ring (bicyclic) bond motifs is 1. The van der Waals surface area contributed by atoms with Crippen LogP contribution in [0.25, 0.3) is 0 Å². The molecule has 1 atom stereocenters. The van der Waals surface area contributed by atoms with Gasteiger partial charge in [0.2, 0.25) is 10.0 Å². The SMILES string of the molecule is NCCC1CN(S(=O)(=O)C2CCCC2)c2ccccc21. The molecule has 1 heterocycles. The van der Waals surface area contributed by atoms with Gasteiger partial charge in [0.25, 0.3) is 0 Å². The molecule has 1 aromatic carbocycles. The molecular formula is C15H22N2O2S. The molecule has 1 fully saturated rings. The molecule has 5 heteroatoms. The van der Waals surface area contributed by atoms with Crippen LogP contribution >= 0.6 is 0 Å². The number of sulfonamides is 1. The first kappa shape index (κ1) is 13.9. The lowest BCUT2D eigenvalue weighted by molar-refractivity contribution is 0.570. The summed E-state index contributed by atoms with van der Waals surface area (Å²) in [5.74, 6) is 0.243. The Labute approximate surface area is 121 Å². The molecule has 20 heavy (non-hydrogen) atoms. The molecule has 110 valence electrons. The molecule has 1 aliphatic carbocycles. The van der Waals surface area contributed by atoms with E-state index in [0.717, 1.165) is 43.4 Å². The zero-order valence-corrected chi connectivity index (χ0v) is 12.5. The van der Waals surface area contributed by atoms with E-state index in [0.29, 0.717) is 13.1 Å². The smallest absolute Gasteiger partial charge is 0.238 e. The molecule has 4 nitrogen and oxygen atoms in total. The highest BCUT2D eigenvalue weighted by atomic mass is 32.2. The fourth-order valence-electron chi connectivity index (χ4n) is 3.51. The van der Waals surface area contributed by atoms with Crippen LogP contribution in [0.15, 0.2) is 24.3 Å². The molecule has 0 spiro atoms. The van der Waals surface area contributed by atoms with Crippen LogP contribution in [0.3, 0.4) is 0 Å². The third kappa shape index (κ3) is 2.23. The molecular weight excluding hydrogens is 272 g/mol. The van der Waals surface area contributed by atoms with Gasteiger partial charge in [0.05, 0.1) is 10.9 Å². The second kappa shape index (κ2) is 5.37. The van der Waals surface area contributed by atoms with Gasteiger partial charge in [-0.05, 0) is 37.4 Å². The van der Waals surface area contributed by atoms with E-state index in [-0.39, 0.29) is 11.2 Å². The largest absolute Gasteiger partial charge is 0.330 e. The van der Waals surface area contributed by atoms with E-state index in [4.69, 9.17) is 5.73 Å². The van der Waals surface area contributed by atoms with Gasteiger partial charge in [-0.15, -0.1) is 0 Å². The molecule has 2 aliphatic rings. The number of rotatable bonds is 4. The van der Waals surface area contributed by atoms with Crippen molar-refractivity contribution in [3.05, 3.63) is 29.8 Å². The molecule has 0 amide bonds. The molecule has 1 saturated carbocycles. The topological polar surface area (TPSA) is 63.4 Å².